The molecule has 6 heteroatoms. The monoisotopic (exact) mass is 388 g/mol. The molecule has 1 heterocycles. The normalized spacial score (nSPS) is 16.1. The van der Waals surface area contributed by atoms with Gasteiger partial charge in [0, 0.05) is 24.5 Å². The van der Waals surface area contributed by atoms with Crippen molar-refractivity contribution >= 4 is 17.7 Å². The molecule has 0 bridgehead atoms. The van der Waals surface area contributed by atoms with E-state index >= 15 is 0 Å². The summed E-state index contributed by atoms with van der Waals surface area (Å²) in [6, 6.07) is 14.6. The molecule has 144 valence electrons. The summed E-state index contributed by atoms with van der Waals surface area (Å²) in [6.07, 6.45) is 0. The molecule has 1 atom stereocenters. The highest BCUT2D eigenvalue weighted by molar-refractivity contribution is 8.00. The van der Waals surface area contributed by atoms with E-state index in [4.69, 9.17) is 4.74 Å². The van der Waals surface area contributed by atoms with Crippen LogP contribution in [-0.4, -0.2) is 49.4 Å². The predicted octanol–water partition coefficient (Wildman–Crippen LogP) is 3.42. The Kier molecular flexibility index (Phi) is 7.26. The van der Waals surface area contributed by atoms with Crippen molar-refractivity contribution in [2.24, 2.45) is 0 Å². The number of carbonyl (C=O) groups is 1. The maximum absolute atomic E-state index is 13.3. The molecule has 0 aliphatic carbocycles. The van der Waals surface area contributed by atoms with Gasteiger partial charge in [0.2, 0.25) is 5.91 Å². The molecule has 1 aliphatic rings. The van der Waals surface area contributed by atoms with Crippen molar-refractivity contribution in [3.05, 3.63) is 65.5 Å². The molecule has 1 fully saturated rings. The van der Waals surface area contributed by atoms with Gasteiger partial charge in [0.05, 0.1) is 25.0 Å². The third-order valence-corrected chi connectivity index (χ3v) is 5.86. The number of morpholine rings is 1. The summed E-state index contributed by atoms with van der Waals surface area (Å²) in [6.45, 7) is 5.50. The first kappa shape index (κ1) is 19.9. The number of rotatable bonds is 7. The summed E-state index contributed by atoms with van der Waals surface area (Å²) < 4.78 is 18.7. The maximum Gasteiger partial charge on any atom is 0.230 e. The zero-order valence-corrected chi connectivity index (χ0v) is 16.3. The van der Waals surface area contributed by atoms with E-state index in [1.165, 1.54) is 17.7 Å². The zero-order chi connectivity index (χ0) is 19.1. The minimum atomic E-state index is -0.252. The summed E-state index contributed by atoms with van der Waals surface area (Å²) in [5, 5.41) is 3.05. The molecule has 1 aliphatic heterocycles. The van der Waals surface area contributed by atoms with Crippen molar-refractivity contribution in [3.63, 3.8) is 0 Å². The van der Waals surface area contributed by atoms with Crippen molar-refractivity contribution in [1.29, 1.82) is 0 Å². The van der Waals surface area contributed by atoms with Gasteiger partial charge in [0.25, 0.3) is 0 Å². The van der Waals surface area contributed by atoms with Crippen molar-refractivity contribution in [1.82, 2.24) is 10.2 Å². The average Bonchev–Trinajstić information content (AvgIpc) is 2.69. The van der Waals surface area contributed by atoms with Gasteiger partial charge in [-0.1, -0.05) is 30.3 Å². The highest BCUT2D eigenvalue weighted by atomic mass is 32.2. The van der Waals surface area contributed by atoms with Gasteiger partial charge < -0.3 is 10.1 Å². The van der Waals surface area contributed by atoms with Crippen molar-refractivity contribution in [2.45, 2.75) is 17.9 Å². The van der Waals surface area contributed by atoms with Gasteiger partial charge in [-0.15, -0.1) is 11.8 Å². The molecule has 2 aromatic rings. The summed E-state index contributed by atoms with van der Waals surface area (Å²) in [5.41, 5.74) is 2.18. The smallest absolute Gasteiger partial charge is 0.230 e. The summed E-state index contributed by atoms with van der Waals surface area (Å²) in [4.78, 5) is 15.8. The first-order valence-corrected chi connectivity index (χ1v) is 10.1. The van der Waals surface area contributed by atoms with Gasteiger partial charge in [-0.3, -0.25) is 9.69 Å². The number of amides is 1. The third-order valence-electron chi connectivity index (χ3n) is 4.69. The number of nitrogens with zero attached hydrogens (tertiary/aromatic N) is 1. The van der Waals surface area contributed by atoms with Crippen LogP contribution in [-0.2, 0) is 9.53 Å². The molecule has 0 aromatic heterocycles. The molecule has 0 radical (unpaired) electrons. The lowest BCUT2D eigenvalue weighted by molar-refractivity contribution is -0.118. The number of nitrogens with one attached hydrogen (secondary N) is 1. The fraction of sp³-hybridized carbons (Fsp3) is 0.381. The number of ether oxygens (including phenoxy) is 1. The largest absolute Gasteiger partial charge is 0.379 e. The lowest BCUT2D eigenvalue weighted by Gasteiger charge is -2.35. The molecule has 1 N–H and O–H groups in total. The Morgan fingerprint density at radius 3 is 2.59 bits per heavy atom. The van der Waals surface area contributed by atoms with Crippen LogP contribution in [0.4, 0.5) is 4.39 Å². The highest BCUT2D eigenvalue weighted by Crippen LogP contribution is 2.23. The minimum absolute atomic E-state index is 0.00336. The Hall–Kier alpha value is -1.89. The lowest BCUT2D eigenvalue weighted by atomic mass is 10.0. The van der Waals surface area contributed by atoms with Gasteiger partial charge in [0.1, 0.15) is 5.82 Å². The van der Waals surface area contributed by atoms with Crippen molar-refractivity contribution < 1.29 is 13.9 Å². The van der Waals surface area contributed by atoms with E-state index in [0.29, 0.717) is 25.5 Å². The van der Waals surface area contributed by atoms with E-state index < -0.39 is 0 Å². The van der Waals surface area contributed by atoms with Crippen LogP contribution in [0.15, 0.2) is 53.4 Å². The third kappa shape index (κ3) is 5.79. The van der Waals surface area contributed by atoms with Gasteiger partial charge in [-0.05, 0) is 36.2 Å². The first-order chi connectivity index (χ1) is 13.1. The first-order valence-electron chi connectivity index (χ1n) is 9.16. The minimum Gasteiger partial charge on any atom is -0.379 e. The Morgan fingerprint density at radius 1 is 1.19 bits per heavy atom. The zero-order valence-electron chi connectivity index (χ0n) is 15.5. The number of benzene rings is 2. The van der Waals surface area contributed by atoms with Crippen LogP contribution >= 0.6 is 11.8 Å². The van der Waals surface area contributed by atoms with E-state index in [9.17, 15) is 9.18 Å². The predicted molar refractivity (Wildman–Crippen MR) is 106 cm³/mol. The van der Waals surface area contributed by atoms with Gasteiger partial charge in [-0.2, -0.15) is 0 Å². The van der Waals surface area contributed by atoms with Crippen LogP contribution in [0, 0.1) is 12.7 Å². The molecule has 4 nitrogen and oxygen atoms in total. The molecule has 1 saturated heterocycles. The Balaban J connectivity index is 1.59. The second-order valence-electron chi connectivity index (χ2n) is 6.57. The molecular formula is C21H25FN2O2S. The Bertz CT molecular complexity index is 748. The van der Waals surface area contributed by atoms with Crippen LogP contribution < -0.4 is 5.32 Å². The van der Waals surface area contributed by atoms with Crippen LogP contribution in [0.1, 0.15) is 17.2 Å². The highest BCUT2D eigenvalue weighted by Gasteiger charge is 2.23. The van der Waals surface area contributed by atoms with Crippen LogP contribution in [0.5, 0.6) is 0 Å². The maximum atomic E-state index is 13.3. The van der Waals surface area contributed by atoms with E-state index in [1.807, 2.05) is 31.2 Å². The number of aryl methyl sites for hydroxylation is 1. The SMILES string of the molecule is Cc1ccccc1SCC(=O)NC[C@@H](c1ccc(F)cc1)N1CCOCC1. The van der Waals surface area contributed by atoms with Crippen LogP contribution in [0.2, 0.25) is 0 Å². The molecule has 2 aromatic carbocycles. The number of thioether (sulfide) groups is 1. The molecule has 0 unspecified atom stereocenters. The molecular weight excluding hydrogens is 363 g/mol. The van der Waals surface area contributed by atoms with Crippen LogP contribution in [0.25, 0.3) is 0 Å². The molecule has 0 spiro atoms. The molecule has 27 heavy (non-hydrogen) atoms. The average molecular weight is 389 g/mol. The van der Waals surface area contributed by atoms with E-state index in [2.05, 4.69) is 10.2 Å². The second-order valence-corrected chi connectivity index (χ2v) is 7.59. The number of halogens is 1. The van der Waals surface area contributed by atoms with E-state index in [-0.39, 0.29) is 17.8 Å². The van der Waals surface area contributed by atoms with Gasteiger partial charge in [-0.25, -0.2) is 4.39 Å². The summed E-state index contributed by atoms with van der Waals surface area (Å²) in [7, 11) is 0. The Morgan fingerprint density at radius 2 is 1.89 bits per heavy atom. The molecule has 0 saturated carbocycles. The molecule has 3 rings (SSSR count). The molecule has 1 amide bonds. The Labute approximate surface area is 164 Å². The lowest BCUT2D eigenvalue weighted by Crippen LogP contribution is -2.44. The quantitative estimate of drug-likeness (QED) is 0.738. The number of carbonyl (C=O) groups excluding carboxylic acids is 1. The van der Waals surface area contributed by atoms with E-state index in [1.54, 1.807) is 23.9 Å². The summed E-state index contributed by atoms with van der Waals surface area (Å²) in [5.74, 6) is 0.131. The number of hydrogen-bond donors (Lipinski definition) is 1. The summed E-state index contributed by atoms with van der Waals surface area (Å²) >= 11 is 1.54. The van der Waals surface area contributed by atoms with E-state index in [0.717, 1.165) is 23.5 Å². The standard InChI is InChI=1S/C21H25FN2O2S/c1-16-4-2-3-5-20(16)27-15-21(25)23-14-19(24-10-12-26-13-11-24)17-6-8-18(22)9-7-17/h2-9,19H,10-15H2,1H3,(H,23,25)/t19-/m0/s1. The number of hydrogen-bond acceptors (Lipinski definition) is 4. The van der Waals surface area contributed by atoms with Crippen molar-refractivity contribution in [2.75, 3.05) is 38.6 Å². The topological polar surface area (TPSA) is 41.6 Å². The fourth-order valence-corrected chi connectivity index (χ4v) is 4.01. The van der Waals surface area contributed by atoms with Gasteiger partial charge in [0.15, 0.2) is 0 Å². The van der Waals surface area contributed by atoms with Gasteiger partial charge >= 0.3 is 0 Å². The second kappa shape index (κ2) is 9.88. The van der Waals surface area contributed by atoms with Crippen molar-refractivity contribution in [3.8, 4) is 0 Å². The van der Waals surface area contributed by atoms with Crippen LogP contribution in [0.3, 0.4) is 0 Å². The fourth-order valence-electron chi connectivity index (χ4n) is 3.16.